The van der Waals surface area contributed by atoms with Crippen molar-refractivity contribution in [1.82, 2.24) is 25.3 Å². The lowest BCUT2D eigenvalue weighted by Crippen LogP contribution is -2.24. The number of pyridine rings is 1. The van der Waals surface area contributed by atoms with E-state index in [0.717, 1.165) is 26.9 Å². The molecule has 29 heavy (non-hydrogen) atoms. The number of hydrogen-bond donors (Lipinski definition) is 1. The lowest BCUT2D eigenvalue weighted by atomic mass is 10.1. The van der Waals surface area contributed by atoms with Crippen molar-refractivity contribution in [1.29, 1.82) is 0 Å². The molecule has 0 radical (unpaired) electrons. The monoisotopic (exact) mass is 447 g/mol. The maximum absolute atomic E-state index is 13.0. The molecule has 2 heterocycles. The van der Waals surface area contributed by atoms with E-state index >= 15 is 0 Å². The number of aryl methyl sites for hydroxylation is 1. The lowest BCUT2D eigenvalue weighted by molar-refractivity contribution is 0.0946. The van der Waals surface area contributed by atoms with Gasteiger partial charge in [0.2, 0.25) is 0 Å². The van der Waals surface area contributed by atoms with Gasteiger partial charge in [0, 0.05) is 29.0 Å². The zero-order valence-corrected chi connectivity index (χ0v) is 17.3. The van der Waals surface area contributed by atoms with E-state index in [-0.39, 0.29) is 11.6 Å². The minimum Gasteiger partial charge on any atom is -0.346 e. The summed E-state index contributed by atoms with van der Waals surface area (Å²) in [5.74, 6) is -0.278. The molecule has 0 saturated heterocycles. The predicted octanol–water partition coefficient (Wildman–Crippen LogP) is 4.33. The minimum absolute atomic E-state index is 0.275. The summed E-state index contributed by atoms with van der Waals surface area (Å²) in [5.41, 5.74) is 4.64. The maximum atomic E-state index is 13.0. The zero-order valence-electron chi connectivity index (χ0n) is 15.7. The van der Waals surface area contributed by atoms with Crippen LogP contribution in [0.1, 0.15) is 21.6 Å². The predicted molar refractivity (Wildman–Crippen MR) is 115 cm³/mol. The molecule has 6 nitrogen and oxygen atoms in total. The van der Waals surface area contributed by atoms with Gasteiger partial charge in [-0.05, 0) is 48.4 Å². The average molecular weight is 448 g/mol. The molecule has 0 aliphatic rings. The highest BCUT2D eigenvalue weighted by Crippen LogP contribution is 2.26. The summed E-state index contributed by atoms with van der Waals surface area (Å²) in [5, 5.41) is 11.4. The van der Waals surface area contributed by atoms with Crippen molar-refractivity contribution < 1.29 is 4.79 Å². The Bertz CT molecular complexity index is 1140. The summed E-state index contributed by atoms with van der Waals surface area (Å²) < 4.78 is 2.70. The van der Waals surface area contributed by atoms with Crippen LogP contribution in [0, 0.1) is 6.92 Å². The molecule has 0 aliphatic heterocycles. The lowest BCUT2D eigenvalue weighted by Gasteiger charge is -2.10. The number of hydrogen-bond acceptors (Lipinski definition) is 4. The third kappa shape index (κ3) is 4.09. The average Bonchev–Trinajstić information content (AvgIpc) is 3.19. The first kappa shape index (κ1) is 19.0. The molecule has 0 atom stereocenters. The quantitative estimate of drug-likeness (QED) is 0.494. The second kappa shape index (κ2) is 8.36. The highest BCUT2D eigenvalue weighted by molar-refractivity contribution is 9.10. The Balaban J connectivity index is 1.70. The Labute approximate surface area is 176 Å². The van der Waals surface area contributed by atoms with Crippen LogP contribution in [0.5, 0.6) is 0 Å². The maximum Gasteiger partial charge on any atom is 0.274 e. The molecule has 4 rings (SSSR count). The van der Waals surface area contributed by atoms with Crippen molar-refractivity contribution in [2.75, 3.05) is 0 Å². The van der Waals surface area contributed by atoms with Gasteiger partial charge in [0.15, 0.2) is 5.69 Å². The van der Waals surface area contributed by atoms with E-state index in [1.807, 2.05) is 67.6 Å². The number of carbonyl (C=O) groups excluding carboxylic acids is 1. The Morgan fingerprint density at radius 3 is 2.48 bits per heavy atom. The van der Waals surface area contributed by atoms with Gasteiger partial charge in [-0.25, -0.2) is 4.68 Å². The van der Waals surface area contributed by atoms with Gasteiger partial charge in [-0.2, -0.15) is 0 Å². The van der Waals surface area contributed by atoms with Crippen molar-refractivity contribution in [2.24, 2.45) is 0 Å². The van der Waals surface area contributed by atoms with E-state index in [9.17, 15) is 4.79 Å². The molecule has 0 saturated carbocycles. The van der Waals surface area contributed by atoms with Gasteiger partial charge in [0.1, 0.15) is 5.69 Å². The van der Waals surface area contributed by atoms with Gasteiger partial charge < -0.3 is 5.32 Å². The summed E-state index contributed by atoms with van der Waals surface area (Å²) in [6, 6.07) is 19.4. The van der Waals surface area contributed by atoms with Crippen LogP contribution in [0.15, 0.2) is 77.5 Å². The van der Waals surface area contributed by atoms with Crippen LogP contribution in [-0.2, 0) is 6.54 Å². The van der Waals surface area contributed by atoms with Gasteiger partial charge >= 0.3 is 0 Å². The first-order chi connectivity index (χ1) is 14.1. The van der Waals surface area contributed by atoms with E-state index in [1.165, 1.54) is 0 Å². The number of para-hydroxylation sites is 1. The fourth-order valence-electron chi connectivity index (χ4n) is 3.04. The fourth-order valence-corrected chi connectivity index (χ4v) is 3.31. The number of amides is 1. The van der Waals surface area contributed by atoms with Crippen LogP contribution in [0.3, 0.4) is 0 Å². The summed E-state index contributed by atoms with van der Waals surface area (Å²) in [6.45, 7) is 2.40. The van der Waals surface area contributed by atoms with Crippen LogP contribution < -0.4 is 5.32 Å². The molecule has 2 aromatic carbocycles. The van der Waals surface area contributed by atoms with E-state index in [4.69, 9.17) is 0 Å². The number of benzene rings is 2. The van der Waals surface area contributed by atoms with Crippen LogP contribution in [-0.4, -0.2) is 25.9 Å². The smallest absolute Gasteiger partial charge is 0.274 e. The molecular formula is C22H18BrN5O. The standard InChI is InChI=1S/C22H18BrN5O/c1-15-4-2-3-5-19(15)28-21(17-10-12-24-13-11-17)20(26-27-28)22(29)25-14-16-6-8-18(23)9-7-16/h2-13H,14H2,1H3,(H,25,29). The molecule has 1 N–H and O–H groups in total. The molecule has 0 spiro atoms. The van der Waals surface area contributed by atoms with Gasteiger partial charge in [0.25, 0.3) is 5.91 Å². The Hall–Kier alpha value is -3.32. The van der Waals surface area contributed by atoms with E-state index in [0.29, 0.717) is 12.2 Å². The third-order valence-corrected chi connectivity index (χ3v) is 5.08. The second-order valence-corrected chi connectivity index (χ2v) is 7.45. The number of aromatic nitrogens is 4. The number of carbonyl (C=O) groups is 1. The van der Waals surface area contributed by atoms with Crippen molar-refractivity contribution >= 4 is 21.8 Å². The zero-order chi connectivity index (χ0) is 20.2. The number of halogens is 1. The number of nitrogens with zero attached hydrogens (tertiary/aromatic N) is 4. The largest absolute Gasteiger partial charge is 0.346 e. The second-order valence-electron chi connectivity index (χ2n) is 6.53. The van der Waals surface area contributed by atoms with Crippen molar-refractivity contribution in [3.05, 3.63) is 94.4 Å². The van der Waals surface area contributed by atoms with Gasteiger partial charge in [0.05, 0.1) is 5.69 Å². The summed E-state index contributed by atoms with van der Waals surface area (Å²) in [6.07, 6.45) is 3.38. The third-order valence-electron chi connectivity index (χ3n) is 4.55. The molecule has 144 valence electrons. The fraction of sp³-hybridized carbons (Fsp3) is 0.0909. The van der Waals surface area contributed by atoms with Crippen LogP contribution in [0.2, 0.25) is 0 Å². The highest BCUT2D eigenvalue weighted by atomic mass is 79.9. The molecule has 0 aliphatic carbocycles. The number of nitrogens with one attached hydrogen (secondary N) is 1. The van der Waals surface area contributed by atoms with Crippen LogP contribution >= 0.6 is 15.9 Å². The SMILES string of the molecule is Cc1ccccc1-n1nnc(C(=O)NCc2ccc(Br)cc2)c1-c1ccncc1. The Morgan fingerprint density at radius 1 is 1.03 bits per heavy atom. The normalized spacial score (nSPS) is 10.7. The molecular weight excluding hydrogens is 430 g/mol. The van der Waals surface area contributed by atoms with Gasteiger partial charge in [-0.3, -0.25) is 9.78 Å². The van der Waals surface area contributed by atoms with Crippen LogP contribution in [0.25, 0.3) is 16.9 Å². The van der Waals surface area contributed by atoms with Crippen molar-refractivity contribution in [3.63, 3.8) is 0 Å². The molecule has 0 unspecified atom stereocenters. The van der Waals surface area contributed by atoms with E-state index < -0.39 is 0 Å². The van der Waals surface area contributed by atoms with Crippen LogP contribution in [0.4, 0.5) is 0 Å². The Morgan fingerprint density at radius 2 is 1.76 bits per heavy atom. The molecule has 1 amide bonds. The molecule has 0 bridgehead atoms. The highest BCUT2D eigenvalue weighted by Gasteiger charge is 2.22. The summed E-state index contributed by atoms with van der Waals surface area (Å²) in [4.78, 5) is 17.0. The van der Waals surface area contributed by atoms with E-state index in [2.05, 4.69) is 36.5 Å². The topological polar surface area (TPSA) is 72.7 Å². The summed E-state index contributed by atoms with van der Waals surface area (Å²) >= 11 is 3.41. The molecule has 4 aromatic rings. The summed E-state index contributed by atoms with van der Waals surface area (Å²) in [7, 11) is 0. The Kier molecular flexibility index (Phi) is 5.48. The minimum atomic E-state index is -0.278. The first-order valence-corrected chi connectivity index (χ1v) is 9.87. The molecule has 2 aromatic heterocycles. The van der Waals surface area contributed by atoms with Crippen molar-refractivity contribution in [3.8, 4) is 16.9 Å². The first-order valence-electron chi connectivity index (χ1n) is 9.08. The molecule has 0 fully saturated rings. The van der Waals surface area contributed by atoms with Crippen molar-refractivity contribution in [2.45, 2.75) is 13.5 Å². The number of rotatable bonds is 5. The van der Waals surface area contributed by atoms with E-state index in [1.54, 1.807) is 17.1 Å². The van der Waals surface area contributed by atoms with Gasteiger partial charge in [-0.15, -0.1) is 5.10 Å². The molecule has 7 heteroatoms. The van der Waals surface area contributed by atoms with Gasteiger partial charge in [-0.1, -0.05) is 51.5 Å².